The zero-order valence-corrected chi connectivity index (χ0v) is 12.0. The molecule has 0 aromatic heterocycles. The smallest absolute Gasteiger partial charge is 0.255 e. The van der Waals surface area contributed by atoms with Crippen molar-refractivity contribution in [2.24, 2.45) is 0 Å². The first kappa shape index (κ1) is 14.6. The number of benzene rings is 2. The average Bonchev–Trinajstić information content (AvgIpc) is 2.49. The maximum absolute atomic E-state index is 12.2. The highest BCUT2D eigenvalue weighted by Gasteiger charge is 2.10. The number of anilines is 1. The van der Waals surface area contributed by atoms with Crippen LogP contribution in [-0.4, -0.2) is 12.0 Å². The molecule has 4 heteroatoms. The zero-order chi connectivity index (χ0) is 15.2. The summed E-state index contributed by atoms with van der Waals surface area (Å²) >= 11 is 0. The van der Waals surface area contributed by atoms with Crippen LogP contribution in [0.3, 0.4) is 0 Å². The molecule has 2 rings (SSSR count). The molecule has 0 unspecified atom stereocenters. The summed E-state index contributed by atoms with van der Waals surface area (Å²) in [5.41, 5.74) is 1.64. The van der Waals surface area contributed by atoms with E-state index in [4.69, 9.17) is 10.00 Å². The molecule has 2 aromatic carbocycles. The molecule has 0 radical (unpaired) electrons. The van der Waals surface area contributed by atoms with Crippen molar-refractivity contribution in [1.82, 2.24) is 0 Å². The lowest BCUT2D eigenvalue weighted by molar-refractivity contribution is 0.102. The van der Waals surface area contributed by atoms with Gasteiger partial charge in [0.25, 0.3) is 5.91 Å². The Kier molecular flexibility index (Phi) is 4.57. The van der Waals surface area contributed by atoms with Crippen LogP contribution in [-0.2, 0) is 0 Å². The number of carbonyl (C=O) groups is 1. The lowest BCUT2D eigenvalue weighted by Crippen LogP contribution is -2.14. The van der Waals surface area contributed by atoms with Crippen molar-refractivity contribution >= 4 is 11.6 Å². The number of ether oxygens (including phenoxy) is 1. The molecular formula is C17H16N2O2. The molecule has 0 bridgehead atoms. The zero-order valence-electron chi connectivity index (χ0n) is 12.0. The highest BCUT2D eigenvalue weighted by atomic mass is 16.5. The summed E-state index contributed by atoms with van der Waals surface area (Å²) in [6.07, 6.45) is 0.0259. The monoisotopic (exact) mass is 280 g/mol. The molecule has 1 amide bonds. The molecule has 0 spiro atoms. The van der Waals surface area contributed by atoms with Crippen molar-refractivity contribution in [3.63, 3.8) is 0 Å². The molecule has 2 aromatic rings. The highest BCUT2D eigenvalue weighted by Crippen LogP contribution is 2.25. The van der Waals surface area contributed by atoms with Crippen LogP contribution in [0.25, 0.3) is 0 Å². The minimum Gasteiger partial charge on any atom is -0.489 e. The van der Waals surface area contributed by atoms with Gasteiger partial charge in [-0.25, -0.2) is 0 Å². The van der Waals surface area contributed by atoms with E-state index >= 15 is 0 Å². The Hall–Kier alpha value is -2.80. The van der Waals surface area contributed by atoms with E-state index in [2.05, 4.69) is 5.32 Å². The van der Waals surface area contributed by atoms with E-state index in [0.717, 1.165) is 0 Å². The molecule has 21 heavy (non-hydrogen) atoms. The molecule has 0 saturated carbocycles. The van der Waals surface area contributed by atoms with Crippen LogP contribution in [0, 0.1) is 11.3 Å². The third-order valence-electron chi connectivity index (χ3n) is 2.77. The predicted molar refractivity (Wildman–Crippen MR) is 81.3 cm³/mol. The van der Waals surface area contributed by atoms with Gasteiger partial charge in [0.2, 0.25) is 0 Å². The van der Waals surface area contributed by atoms with Crippen LogP contribution in [0.4, 0.5) is 5.69 Å². The first-order valence-corrected chi connectivity index (χ1v) is 6.67. The summed E-state index contributed by atoms with van der Waals surface area (Å²) in [6.45, 7) is 3.86. The maximum atomic E-state index is 12.2. The van der Waals surface area contributed by atoms with Crippen molar-refractivity contribution in [3.05, 3.63) is 59.7 Å². The molecule has 1 N–H and O–H groups in total. The van der Waals surface area contributed by atoms with Crippen LogP contribution in [0.5, 0.6) is 5.75 Å². The van der Waals surface area contributed by atoms with Crippen molar-refractivity contribution in [3.8, 4) is 11.8 Å². The quantitative estimate of drug-likeness (QED) is 0.930. The summed E-state index contributed by atoms with van der Waals surface area (Å²) in [5.74, 6) is 0.397. The van der Waals surface area contributed by atoms with Gasteiger partial charge < -0.3 is 10.1 Å². The Bertz CT molecular complexity index is 670. The van der Waals surface area contributed by atoms with E-state index in [1.165, 1.54) is 0 Å². The molecule has 0 aliphatic carbocycles. The molecule has 0 saturated heterocycles. The summed E-state index contributed by atoms with van der Waals surface area (Å²) < 4.78 is 5.66. The van der Waals surface area contributed by atoms with E-state index in [-0.39, 0.29) is 12.0 Å². The molecular weight excluding hydrogens is 264 g/mol. The molecule has 0 aliphatic heterocycles. The second-order valence-corrected chi connectivity index (χ2v) is 4.81. The van der Waals surface area contributed by atoms with Gasteiger partial charge in [0.1, 0.15) is 5.75 Å². The highest BCUT2D eigenvalue weighted by molar-refractivity contribution is 6.05. The molecule has 106 valence electrons. The third kappa shape index (κ3) is 3.83. The normalized spacial score (nSPS) is 10.0. The standard InChI is InChI=1S/C17H16N2O2/c1-12(2)21-16-6-4-3-5-15(16)19-17(20)14-9-7-13(11-18)8-10-14/h3-10,12H,1-2H3,(H,19,20). The van der Waals surface area contributed by atoms with Crippen LogP contribution < -0.4 is 10.1 Å². The number of amides is 1. The Balaban J connectivity index is 2.17. The fourth-order valence-corrected chi connectivity index (χ4v) is 1.82. The number of nitrogens with one attached hydrogen (secondary N) is 1. The van der Waals surface area contributed by atoms with Gasteiger partial charge in [-0.05, 0) is 50.2 Å². The summed E-state index contributed by atoms with van der Waals surface area (Å²) in [6, 6.07) is 15.8. The maximum Gasteiger partial charge on any atom is 0.255 e. The van der Waals surface area contributed by atoms with E-state index in [0.29, 0.717) is 22.6 Å². The minimum atomic E-state index is -0.237. The first-order chi connectivity index (χ1) is 10.1. The van der Waals surface area contributed by atoms with Crippen LogP contribution >= 0.6 is 0 Å². The average molecular weight is 280 g/mol. The number of carbonyl (C=O) groups excluding carboxylic acids is 1. The summed E-state index contributed by atoms with van der Waals surface area (Å²) in [7, 11) is 0. The van der Waals surface area contributed by atoms with Gasteiger partial charge in [-0.15, -0.1) is 0 Å². The van der Waals surface area contributed by atoms with Crippen LogP contribution in [0.2, 0.25) is 0 Å². The third-order valence-corrected chi connectivity index (χ3v) is 2.77. The second-order valence-electron chi connectivity index (χ2n) is 4.81. The lowest BCUT2D eigenvalue weighted by atomic mass is 10.1. The van der Waals surface area contributed by atoms with Crippen LogP contribution in [0.1, 0.15) is 29.8 Å². The number of hydrogen-bond donors (Lipinski definition) is 1. The molecule has 0 atom stereocenters. The Morgan fingerprint density at radius 3 is 2.43 bits per heavy atom. The van der Waals surface area contributed by atoms with Gasteiger partial charge in [-0.1, -0.05) is 12.1 Å². The van der Waals surface area contributed by atoms with E-state index in [9.17, 15) is 4.79 Å². The fourth-order valence-electron chi connectivity index (χ4n) is 1.82. The topological polar surface area (TPSA) is 62.1 Å². The molecule has 4 nitrogen and oxygen atoms in total. The second kappa shape index (κ2) is 6.58. The number of nitrogens with zero attached hydrogens (tertiary/aromatic N) is 1. The van der Waals surface area contributed by atoms with E-state index < -0.39 is 0 Å². The lowest BCUT2D eigenvalue weighted by Gasteiger charge is -2.14. The van der Waals surface area contributed by atoms with Crippen molar-refractivity contribution in [2.45, 2.75) is 20.0 Å². The van der Waals surface area contributed by atoms with Crippen LogP contribution in [0.15, 0.2) is 48.5 Å². The predicted octanol–water partition coefficient (Wildman–Crippen LogP) is 3.60. The Labute approximate surface area is 124 Å². The van der Waals surface area contributed by atoms with Crippen molar-refractivity contribution < 1.29 is 9.53 Å². The van der Waals surface area contributed by atoms with Gasteiger partial charge >= 0.3 is 0 Å². The van der Waals surface area contributed by atoms with Gasteiger partial charge in [0.05, 0.1) is 23.4 Å². The number of para-hydroxylation sites is 2. The molecule has 0 heterocycles. The van der Waals surface area contributed by atoms with Gasteiger partial charge in [-0.2, -0.15) is 5.26 Å². The van der Waals surface area contributed by atoms with E-state index in [1.54, 1.807) is 30.3 Å². The Morgan fingerprint density at radius 2 is 1.81 bits per heavy atom. The van der Waals surface area contributed by atoms with Gasteiger partial charge in [0, 0.05) is 5.56 Å². The Morgan fingerprint density at radius 1 is 1.14 bits per heavy atom. The number of nitriles is 1. The number of hydrogen-bond acceptors (Lipinski definition) is 3. The molecule has 0 fully saturated rings. The van der Waals surface area contributed by atoms with Gasteiger partial charge in [-0.3, -0.25) is 4.79 Å². The van der Waals surface area contributed by atoms with Gasteiger partial charge in [0.15, 0.2) is 0 Å². The summed E-state index contributed by atoms with van der Waals surface area (Å²) in [4.78, 5) is 12.2. The fraction of sp³-hybridized carbons (Fsp3) is 0.176. The van der Waals surface area contributed by atoms with E-state index in [1.807, 2.05) is 38.1 Å². The van der Waals surface area contributed by atoms with Crippen molar-refractivity contribution in [1.29, 1.82) is 5.26 Å². The first-order valence-electron chi connectivity index (χ1n) is 6.67. The SMILES string of the molecule is CC(C)Oc1ccccc1NC(=O)c1ccc(C#N)cc1. The largest absolute Gasteiger partial charge is 0.489 e. The molecule has 0 aliphatic rings. The minimum absolute atomic E-state index is 0.0259. The van der Waals surface area contributed by atoms with Crippen molar-refractivity contribution in [2.75, 3.05) is 5.32 Å². The summed E-state index contributed by atoms with van der Waals surface area (Å²) in [5, 5.41) is 11.6. The number of rotatable bonds is 4.